The Morgan fingerprint density at radius 1 is 0.971 bits per heavy atom. The number of carbonyl (C=O) groups excluding carboxylic acids is 2. The highest BCUT2D eigenvalue weighted by atomic mass is 19.1. The number of Topliss-reactive ketones (excluding diaryl/α,β-unsaturated/α-hetero) is 1. The smallest absolute Gasteiger partial charge is 0.274 e. The average molecular weight is 462 g/mol. The van der Waals surface area contributed by atoms with E-state index in [2.05, 4.69) is 0 Å². The van der Waals surface area contributed by atoms with Crippen LogP contribution in [0.25, 0.3) is 5.69 Å². The molecular weight excluding hydrogens is 433 g/mol. The van der Waals surface area contributed by atoms with Crippen LogP contribution in [0.4, 0.5) is 4.39 Å². The van der Waals surface area contributed by atoms with Gasteiger partial charge in [0, 0.05) is 35.8 Å². The summed E-state index contributed by atoms with van der Waals surface area (Å²) in [6.45, 7) is 1.06. The van der Waals surface area contributed by atoms with Crippen LogP contribution in [0.1, 0.15) is 57.8 Å². The Morgan fingerprint density at radius 3 is 2.32 bits per heavy atom. The van der Waals surface area contributed by atoms with Crippen molar-refractivity contribution in [3.8, 4) is 11.4 Å². The maximum absolute atomic E-state index is 13.5. The Bertz CT molecular complexity index is 1190. The van der Waals surface area contributed by atoms with Gasteiger partial charge in [0.25, 0.3) is 5.91 Å². The van der Waals surface area contributed by atoms with Crippen LogP contribution in [0.2, 0.25) is 0 Å². The fraction of sp³-hybridized carbons (Fsp3) is 0.370. The molecule has 2 aromatic carbocycles. The number of halogens is 1. The van der Waals surface area contributed by atoms with Crippen LogP contribution in [-0.2, 0) is 12.8 Å². The summed E-state index contributed by atoms with van der Waals surface area (Å²) in [6, 6.07) is 13.4. The van der Waals surface area contributed by atoms with E-state index < -0.39 is 0 Å². The summed E-state index contributed by atoms with van der Waals surface area (Å²) in [4.78, 5) is 28.2. The van der Waals surface area contributed by atoms with Crippen LogP contribution in [-0.4, -0.2) is 46.6 Å². The summed E-state index contributed by atoms with van der Waals surface area (Å²) < 4.78 is 20.4. The third-order valence-corrected chi connectivity index (χ3v) is 6.98. The fourth-order valence-electron chi connectivity index (χ4n) is 5.05. The highest BCUT2D eigenvalue weighted by Crippen LogP contribution is 2.30. The van der Waals surface area contributed by atoms with Crippen LogP contribution in [0.5, 0.6) is 5.75 Å². The molecule has 0 atom stereocenters. The van der Waals surface area contributed by atoms with Gasteiger partial charge in [-0.2, -0.15) is 5.10 Å². The molecule has 0 unspecified atom stereocenters. The van der Waals surface area contributed by atoms with Gasteiger partial charge in [-0.15, -0.1) is 0 Å². The van der Waals surface area contributed by atoms with Crippen LogP contribution in [0.15, 0.2) is 48.5 Å². The number of likely N-dealkylation sites (tertiary alicyclic amines) is 1. The fourth-order valence-corrected chi connectivity index (χ4v) is 5.05. The molecule has 0 N–H and O–H groups in total. The number of benzene rings is 2. The topological polar surface area (TPSA) is 64.4 Å². The second kappa shape index (κ2) is 9.41. The molecule has 1 aromatic heterocycles. The van der Waals surface area contributed by atoms with Crippen LogP contribution < -0.4 is 4.74 Å². The van der Waals surface area contributed by atoms with Gasteiger partial charge in [-0.3, -0.25) is 9.59 Å². The van der Waals surface area contributed by atoms with Gasteiger partial charge >= 0.3 is 0 Å². The minimum Gasteiger partial charge on any atom is -0.497 e. The van der Waals surface area contributed by atoms with E-state index in [0.29, 0.717) is 37.2 Å². The van der Waals surface area contributed by atoms with E-state index in [9.17, 15) is 14.0 Å². The molecule has 1 aliphatic heterocycles. The monoisotopic (exact) mass is 461 g/mol. The van der Waals surface area contributed by atoms with E-state index in [1.807, 2.05) is 4.90 Å². The quantitative estimate of drug-likeness (QED) is 0.520. The maximum Gasteiger partial charge on any atom is 0.274 e. The van der Waals surface area contributed by atoms with E-state index in [-0.39, 0.29) is 23.4 Å². The van der Waals surface area contributed by atoms with Gasteiger partial charge in [-0.1, -0.05) is 0 Å². The predicted octanol–water partition coefficient (Wildman–Crippen LogP) is 4.63. The number of methoxy groups -OCH3 is 1. The van der Waals surface area contributed by atoms with Crippen LogP contribution >= 0.6 is 0 Å². The van der Waals surface area contributed by atoms with E-state index in [1.165, 1.54) is 12.1 Å². The van der Waals surface area contributed by atoms with E-state index >= 15 is 0 Å². The summed E-state index contributed by atoms with van der Waals surface area (Å²) in [7, 11) is 1.60. The second-order valence-corrected chi connectivity index (χ2v) is 9.03. The normalized spacial score (nSPS) is 16.2. The number of carbonyl (C=O) groups is 2. The van der Waals surface area contributed by atoms with Gasteiger partial charge in [0.15, 0.2) is 11.5 Å². The molecule has 1 fully saturated rings. The first-order chi connectivity index (χ1) is 16.5. The Hall–Kier alpha value is -3.48. The number of ketones is 1. The summed E-state index contributed by atoms with van der Waals surface area (Å²) >= 11 is 0. The zero-order chi connectivity index (χ0) is 23.7. The minimum absolute atomic E-state index is 0.0747. The van der Waals surface area contributed by atoms with E-state index in [1.54, 1.807) is 48.2 Å². The van der Waals surface area contributed by atoms with Gasteiger partial charge in [-0.05, 0) is 87.1 Å². The molecule has 3 aromatic rings. The SMILES string of the molecule is COc1ccc(C(=O)C2CCN(C(=O)c3nn(-c4ccc(F)cc4)c4c3CCCC4)CC2)cc1. The van der Waals surface area contributed by atoms with Crippen molar-refractivity contribution in [1.82, 2.24) is 14.7 Å². The number of hydrogen-bond acceptors (Lipinski definition) is 4. The number of rotatable bonds is 5. The minimum atomic E-state index is -0.298. The van der Waals surface area contributed by atoms with E-state index in [4.69, 9.17) is 9.84 Å². The zero-order valence-corrected chi connectivity index (χ0v) is 19.3. The van der Waals surface area contributed by atoms with Crippen molar-refractivity contribution in [2.75, 3.05) is 20.2 Å². The Kier molecular flexibility index (Phi) is 6.18. The van der Waals surface area contributed by atoms with Crippen molar-refractivity contribution in [2.24, 2.45) is 5.92 Å². The van der Waals surface area contributed by atoms with Crippen LogP contribution in [0, 0.1) is 11.7 Å². The van der Waals surface area contributed by atoms with Crippen molar-refractivity contribution in [2.45, 2.75) is 38.5 Å². The van der Waals surface area contributed by atoms with Crippen molar-refractivity contribution < 1.29 is 18.7 Å². The summed E-state index contributed by atoms with van der Waals surface area (Å²) in [5.41, 5.74) is 4.00. The van der Waals surface area contributed by atoms with Gasteiger partial charge in [0.2, 0.25) is 0 Å². The molecular formula is C27H28FN3O3. The van der Waals surface area contributed by atoms with Crippen molar-refractivity contribution >= 4 is 11.7 Å². The highest BCUT2D eigenvalue weighted by Gasteiger charge is 2.32. The number of amides is 1. The molecule has 2 aliphatic rings. The first-order valence-electron chi connectivity index (χ1n) is 11.9. The lowest BCUT2D eigenvalue weighted by Crippen LogP contribution is -2.40. The van der Waals surface area contributed by atoms with Gasteiger partial charge in [0.1, 0.15) is 11.6 Å². The number of piperidine rings is 1. The summed E-state index contributed by atoms with van der Waals surface area (Å²) in [5.74, 6) is 0.374. The van der Waals surface area contributed by atoms with Crippen molar-refractivity contribution in [3.05, 3.63) is 76.9 Å². The Labute approximate surface area is 198 Å². The molecule has 6 nitrogen and oxygen atoms in total. The largest absolute Gasteiger partial charge is 0.497 e. The number of ether oxygens (including phenoxy) is 1. The van der Waals surface area contributed by atoms with Crippen molar-refractivity contribution in [3.63, 3.8) is 0 Å². The van der Waals surface area contributed by atoms with Crippen LogP contribution in [0.3, 0.4) is 0 Å². The number of hydrogen-bond donors (Lipinski definition) is 0. The lowest BCUT2D eigenvalue weighted by Gasteiger charge is -2.31. The number of fused-ring (bicyclic) bond motifs is 1. The average Bonchev–Trinajstić information content (AvgIpc) is 3.28. The molecule has 34 heavy (non-hydrogen) atoms. The second-order valence-electron chi connectivity index (χ2n) is 9.03. The zero-order valence-electron chi connectivity index (χ0n) is 19.3. The molecule has 5 rings (SSSR count). The Morgan fingerprint density at radius 2 is 1.65 bits per heavy atom. The van der Waals surface area contributed by atoms with Gasteiger partial charge in [-0.25, -0.2) is 9.07 Å². The molecule has 0 saturated carbocycles. The predicted molar refractivity (Wildman–Crippen MR) is 126 cm³/mol. The van der Waals surface area contributed by atoms with Gasteiger partial charge in [0.05, 0.1) is 12.8 Å². The molecule has 0 bridgehead atoms. The molecule has 0 radical (unpaired) electrons. The number of nitrogens with zero attached hydrogens (tertiary/aromatic N) is 3. The molecule has 7 heteroatoms. The lowest BCUT2D eigenvalue weighted by atomic mass is 9.88. The maximum atomic E-state index is 13.5. The summed E-state index contributed by atoms with van der Waals surface area (Å²) in [6.07, 6.45) is 5.03. The standard InChI is InChI=1S/C27H28FN3O3/c1-34-22-12-6-18(7-13-22)26(32)19-14-16-30(17-15-19)27(33)25-23-4-2-3-5-24(23)31(29-25)21-10-8-20(28)9-11-21/h6-13,19H,2-5,14-17H2,1H3. The highest BCUT2D eigenvalue weighted by molar-refractivity contribution is 5.98. The Balaban J connectivity index is 1.32. The molecule has 1 aliphatic carbocycles. The molecule has 0 spiro atoms. The lowest BCUT2D eigenvalue weighted by molar-refractivity contribution is 0.0644. The first kappa shape index (κ1) is 22.3. The summed E-state index contributed by atoms with van der Waals surface area (Å²) in [5, 5.41) is 4.71. The van der Waals surface area contributed by atoms with Crippen molar-refractivity contribution in [1.29, 1.82) is 0 Å². The molecule has 176 valence electrons. The third kappa shape index (κ3) is 4.22. The molecule has 1 saturated heterocycles. The van der Waals surface area contributed by atoms with E-state index in [0.717, 1.165) is 48.4 Å². The molecule has 2 heterocycles. The first-order valence-corrected chi connectivity index (χ1v) is 11.9. The third-order valence-electron chi connectivity index (χ3n) is 6.98. The van der Waals surface area contributed by atoms with Gasteiger partial charge < -0.3 is 9.64 Å². The number of aromatic nitrogens is 2. The molecule has 1 amide bonds.